The molecule has 0 saturated carbocycles. The Kier molecular flexibility index (Phi) is 2.68. The fourth-order valence-corrected chi connectivity index (χ4v) is 1.54. The van der Waals surface area contributed by atoms with E-state index in [1.165, 1.54) is 10.9 Å². The van der Waals surface area contributed by atoms with Crippen molar-refractivity contribution in [3.8, 4) is 5.69 Å². The van der Waals surface area contributed by atoms with E-state index in [-0.39, 0.29) is 11.5 Å². The second-order valence-electron chi connectivity index (χ2n) is 3.63. The first kappa shape index (κ1) is 10.7. The first-order chi connectivity index (χ1) is 7.63. The minimum Gasteiger partial charge on any atom is -0.244 e. The predicted molar refractivity (Wildman–Crippen MR) is 55.6 cm³/mol. The van der Waals surface area contributed by atoms with Gasteiger partial charge in [0, 0.05) is 5.56 Å². The fourth-order valence-electron chi connectivity index (χ4n) is 1.54. The molecular formula is C11H11F2N3. The van der Waals surface area contributed by atoms with Gasteiger partial charge in [0.2, 0.25) is 0 Å². The number of hydrogen-bond donors (Lipinski definition) is 0. The predicted octanol–water partition coefficient (Wildman–Crippen LogP) is 2.49. The maximum Gasteiger partial charge on any atom is 0.135 e. The highest BCUT2D eigenvalue weighted by Crippen LogP contribution is 2.19. The molecule has 1 aromatic carbocycles. The Morgan fingerprint density at radius 3 is 2.69 bits per heavy atom. The maximum atomic E-state index is 13.6. The van der Waals surface area contributed by atoms with Crippen molar-refractivity contribution in [1.29, 1.82) is 0 Å². The van der Waals surface area contributed by atoms with E-state index in [2.05, 4.69) is 10.3 Å². The second-order valence-corrected chi connectivity index (χ2v) is 3.63. The highest BCUT2D eigenvalue weighted by molar-refractivity contribution is 5.43. The van der Waals surface area contributed by atoms with Crippen molar-refractivity contribution in [2.45, 2.75) is 20.5 Å². The molecule has 84 valence electrons. The SMILES string of the molecule is Cc1ccc(-n2cc(CF)nn2)c(C)c1F. The zero-order valence-electron chi connectivity index (χ0n) is 9.04. The average molecular weight is 223 g/mol. The van der Waals surface area contributed by atoms with E-state index in [1.807, 2.05) is 0 Å². The van der Waals surface area contributed by atoms with Crippen molar-refractivity contribution in [1.82, 2.24) is 15.0 Å². The summed E-state index contributed by atoms with van der Waals surface area (Å²) in [5.41, 5.74) is 1.87. The van der Waals surface area contributed by atoms with Gasteiger partial charge >= 0.3 is 0 Å². The third-order valence-electron chi connectivity index (χ3n) is 2.48. The van der Waals surface area contributed by atoms with E-state index in [4.69, 9.17) is 0 Å². The summed E-state index contributed by atoms with van der Waals surface area (Å²) in [7, 11) is 0. The molecule has 0 saturated heterocycles. The molecule has 0 aliphatic carbocycles. The zero-order chi connectivity index (χ0) is 11.7. The van der Waals surface area contributed by atoms with Gasteiger partial charge in [-0.1, -0.05) is 11.3 Å². The van der Waals surface area contributed by atoms with Crippen molar-refractivity contribution in [3.63, 3.8) is 0 Å². The van der Waals surface area contributed by atoms with Gasteiger partial charge in [0.05, 0.1) is 11.9 Å². The molecule has 0 bridgehead atoms. The quantitative estimate of drug-likeness (QED) is 0.783. The zero-order valence-corrected chi connectivity index (χ0v) is 9.04. The summed E-state index contributed by atoms with van der Waals surface area (Å²) in [4.78, 5) is 0. The average Bonchev–Trinajstić information content (AvgIpc) is 2.74. The Morgan fingerprint density at radius 1 is 1.31 bits per heavy atom. The van der Waals surface area contributed by atoms with Crippen LogP contribution in [0, 0.1) is 19.7 Å². The molecule has 2 rings (SSSR count). The molecule has 0 radical (unpaired) electrons. The molecule has 0 aliphatic heterocycles. The van der Waals surface area contributed by atoms with Crippen LogP contribution in [0.25, 0.3) is 5.69 Å². The fraction of sp³-hybridized carbons (Fsp3) is 0.273. The van der Waals surface area contributed by atoms with Crippen LogP contribution in [0.5, 0.6) is 0 Å². The molecule has 16 heavy (non-hydrogen) atoms. The van der Waals surface area contributed by atoms with Crippen LogP contribution in [0.2, 0.25) is 0 Å². The second kappa shape index (κ2) is 4.00. The number of halogens is 2. The Hall–Kier alpha value is -1.78. The van der Waals surface area contributed by atoms with Crippen LogP contribution < -0.4 is 0 Å². The van der Waals surface area contributed by atoms with E-state index < -0.39 is 6.67 Å². The highest BCUT2D eigenvalue weighted by atomic mass is 19.1. The molecule has 5 heteroatoms. The van der Waals surface area contributed by atoms with Crippen LogP contribution in [0.15, 0.2) is 18.3 Å². The van der Waals surface area contributed by atoms with Gasteiger partial charge in [-0.2, -0.15) is 0 Å². The van der Waals surface area contributed by atoms with Crippen molar-refractivity contribution < 1.29 is 8.78 Å². The highest BCUT2D eigenvalue weighted by Gasteiger charge is 2.10. The van der Waals surface area contributed by atoms with Crippen molar-refractivity contribution in [2.75, 3.05) is 0 Å². The van der Waals surface area contributed by atoms with Gasteiger partial charge in [-0.15, -0.1) is 5.10 Å². The van der Waals surface area contributed by atoms with Gasteiger partial charge in [-0.3, -0.25) is 0 Å². The molecule has 2 aromatic rings. The van der Waals surface area contributed by atoms with Gasteiger partial charge in [0.1, 0.15) is 18.2 Å². The maximum absolute atomic E-state index is 13.6. The molecule has 0 unspecified atom stereocenters. The minimum absolute atomic E-state index is 0.236. The number of aryl methyl sites for hydroxylation is 1. The Morgan fingerprint density at radius 2 is 2.06 bits per heavy atom. The van der Waals surface area contributed by atoms with Crippen LogP contribution in [0.1, 0.15) is 16.8 Å². The van der Waals surface area contributed by atoms with Gasteiger partial charge in [0.15, 0.2) is 0 Å². The van der Waals surface area contributed by atoms with E-state index in [1.54, 1.807) is 26.0 Å². The lowest BCUT2D eigenvalue weighted by molar-refractivity contribution is 0.475. The summed E-state index contributed by atoms with van der Waals surface area (Å²) in [5, 5.41) is 7.37. The lowest BCUT2D eigenvalue weighted by Crippen LogP contribution is -2.01. The summed E-state index contributed by atoms with van der Waals surface area (Å²) in [6, 6.07) is 3.40. The third-order valence-corrected chi connectivity index (χ3v) is 2.48. The van der Waals surface area contributed by atoms with Crippen molar-refractivity contribution in [3.05, 3.63) is 41.0 Å². The molecule has 0 spiro atoms. The van der Waals surface area contributed by atoms with E-state index >= 15 is 0 Å². The van der Waals surface area contributed by atoms with Gasteiger partial charge in [-0.25, -0.2) is 13.5 Å². The van der Waals surface area contributed by atoms with Gasteiger partial charge in [0.25, 0.3) is 0 Å². The minimum atomic E-state index is -0.673. The molecule has 0 atom stereocenters. The molecule has 1 heterocycles. The molecule has 0 N–H and O–H groups in total. The number of nitrogens with zero attached hydrogens (tertiary/aromatic N) is 3. The van der Waals surface area contributed by atoms with Crippen molar-refractivity contribution in [2.24, 2.45) is 0 Å². The monoisotopic (exact) mass is 223 g/mol. The van der Waals surface area contributed by atoms with E-state index in [9.17, 15) is 8.78 Å². The number of benzene rings is 1. The lowest BCUT2D eigenvalue weighted by atomic mass is 10.1. The number of rotatable bonds is 2. The summed E-state index contributed by atoms with van der Waals surface area (Å²) in [5.74, 6) is -0.269. The summed E-state index contributed by atoms with van der Waals surface area (Å²) < 4.78 is 27.3. The molecule has 0 aliphatic rings. The topological polar surface area (TPSA) is 30.7 Å². The largest absolute Gasteiger partial charge is 0.244 e. The van der Waals surface area contributed by atoms with E-state index in [0.29, 0.717) is 16.8 Å². The first-order valence-corrected chi connectivity index (χ1v) is 4.86. The number of hydrogen-bond acceptors (Lipinski definition) is 2. The number of aromatic nitrogens is 3. The molecule has 1 aromatic heterocycles. The normalized spacial score (nSPS) is 10.8. The summed E-state index contributed by atoms with van der Waals surface area (Å²) in [6.45, 7) is 2.68. The summed E-state index contributed by atoms with van der Waals surface area (Å²) in [6.07, 6.45) is 1.46. The Labute approximate surface area is 91.7 Å². The van der Waals surface area contributed by atoms with Gasteiger partial charge in [-0.05, 0) is 25.5 Å². The van der Waals surface area contributed by atoms with Crippen LogP contribution in [-0.4, -0.2) is 15.0 Å². The molecule has 0 amide bonds. The Balaban J connectivity index is 2.52. The number of alkyl halides is 1. The van der Waals surface area contributed by atoms with Gasteiger partial charge < -0.3 is 0 Å². The molecular weight excluding hydrogens is 212 g/mol. The smallest absolute Gasteiger partial charge is 0.135 e. The first-order valence-electron chi connectivity index (χ1n) is 4.86. The third kappa shape index (κ3) is 1.68. The van der Waals surface area contributed by atoms with Crippen LogP contribution in [0.3, 0.4) is 0 Å². The standard InChI is InChI=1S/C11H11F2N3/c1-7-3-4-10(8(2)11(7)13)16-6-9(5-12)14-15-16/h3-4,6H,5H2,1-2H3. The Bertz CT molecular complexity index is 520. The van der Waals surface area contributed by atoms with Crippen molar-refractivity contribution >= 4 is 0 Å². The summed E-state index contributed by atoms with van der Waals surface area (Å²) >= 11 is 0. The van der Waals surface area contributed by atoms with Crippen LogP contribution in [-0.2, 0) is 6.67 Å². The van der Waals surface area contributed by atoms with Crippen LogP contribution in [0.4, 0.5) is 8.78 Å². The van der Waals surface area contributed by atoms with Crippen LogP contribution >= 0.6 is 0 Å². The molecule has 3 nitrogen and oxygen atoms in total. The lowest BCUT2D eigenvalue weighted by Gasteiger charge is -2.07. The van der Waals surface area contributed by atoms with E-state index in [0.717, 1.165) is 0 Å². The molecule has 0 fully saturated rings.